The number of benzene rings is 22. The molecule has 724 valence electrons. The number of carbonyl (C=O) groups excluding carboxylic acids is 4. The van der Waals surface area contributed by atoms with E-state index in [0.29, 0.717) is 0 Å². The lowest BCUT2D eigenvalue weighted by molar-refractivity contribution is 0.103. The Hall–Kier alpha value is -18.1. The van der Waals surface area contributed by atoms with Crippen LogP contribution in [0.1, 0.15) is 97.1 Å². The van der Waals surface area contributed by atoms with Gasteiger partial charge in [0.15, 0.2) is 23.1 Å². The first-order valence-electron chi connectivity index (χ1n) is 50.5. The van der Waals surface area contributed by atoms with Gasteiger partial charge in [0.25, 0.3) is 0 Å². The highest BCUT2D eigenvalue weighted by Crippen LogP contribution is 2.35. The molecule has 0 fully saturated rings. The Morgan fingerprint density at radius 1 is 0.174 bits per heavy atom. The van der Waals surface area contributed by atoms with Crippen LogP contribution >= 0.6 is 0 Å². The lowest BCUT2D eigenvalue weighted by Crippen LogP contribution is -2.64. The van der Waals surface area contributed by atoms with Gasteiger partial charge in [0, 0.05) is 82.5 Å². The minimum atomic E-state index is -2.10. The highest BCUT2D eigenvalue weighted by Gasteiger charge is 2.35. The van der Waals surface area contributed by atoms with Crippen molar-refractivity contribution in [3.8, 4) is 5.69 Å². The maximum atomic E-state index is 12.4. The average Bonchev–Trinajstić information content (AvgIpc) is 1.59. The fraction of sp³-hybridized carbons (Fsp3) is 0.0571. The van der Waals surface area contributed by atoms with Gasteiger partial charge in [0.1, 0.15) is 38.5 Å². The topological polar surface area (TPSA) is 99.5 Å². The van der Waals surface area contributed by atoms with Crippen molar-refractivity contribution in [2.45, 2.75) is 54.6 Å². The van der Waals surface area contributed by atoms with Gasteiger partial charge in [-0.15, -0.1) is 0 Å². The van der Waals surface area contributed by atoms with E-state index in [9.17, 15) is 19.2 Å². The van der Waals surface area contributed by atoms with Gasteiger partial charge < -0.3 is 13.4 Å². The number of nitrogens with zero attached hydrogens (tertiary/aromatic N) is 1. The van der Waals surface area contributed by atoms with E-state index in [2.05, 4.69) is 311 Å². The number of aromatic nitrogens is 1. The zero-order valence-corrected chi connectivity index (χ0v) is 86.9. The number of hydrogen-bond acceptors (Lipinski definition) is 6. The zero-order valence-electron chi connectivity index (χ0n) is 84.9. The third-order valence-electron chi connectivity index (χ3n) is 27.4. The molecule has 3 heterocycles. The highest BCUT2D eigenvalue weighted by molar-refractivity contribution is 7.11. The quantitative estimate of drug-likeness (QED) is 0.0576. The largest absolute Gasteiger partial charge is 0.456 e. The lowest BCUT2D eigenvalue weighted by Gasteiger charge is -2.29. The molecule has 0 aliphatic rings. The predicted molar refractivity (Wildman–Crippen MR) is 630 cm³/mol. The van der Waals surface area contributed by atoms with Gasteiger partial charge in [-0.2, -0.15) is 0 Å². The second-order valence-corrected chi connectivity index (χ2v) is 45.8. The minimum absolute atomic E-state index is 0.0748. The Kier molecular flexibility index (Phi) is 32.3. The van der Waals surface area contributed by atoms with E-state index in [1.165, 1.54) is 96.8 Å². The van der Waals surface area contributed by atoms with Gasteiger partial charge in [-0.25, -0.2) is 0 Å². The van der Waals surface area contributed by atoms with Crippen molar-refractivity contribution in [3.05, 3.63) is 630 Å². The molecule has 0 amide bonds. The molecule has 0 radical (unpaired) electrons. The third-order valence-corrected chi connectivity index (χ3v) is 36.3. The summed E-state index contributed by atoms with van der Waals surface area (Å²) in [5.74, 6) is 0.315. The molecule has 0 atom stereocenters. The summed E-state index contributed by atoms with van der Waals surface area (Å²) in [4.78, 5) is 48.8. The zero-order chi connectivity index (χ0) is 103. The van der Waals surface area contributed by atoms with E-state index in [1.807, 2.05) is 301 Å². The molecule has 0 aliphatic carbocycles. The van der Waals surface area contributed by atoms with E-state index < -0.39 is 16.1 Å². The van der Waals surface area contributed by atoms with Crippen LogP contribution in [0.2, 0.25) is 13.1 Å². The van der Waals surface area contributed by atoms with Crippen molar-refractivity contribution in [1.82, 2.24) is 4.57 Å². The summed E-state index contributed by atoms with van der Waals surface area (Å²) in [6, 6.07) is 188. The average molecular weight is 1960 g/mol. The summed E-state index contributed by atoms with van der Waals surface area (Å²) in [5, 5.41) is 20.6. The monoisotopic (exact) mass is 1960 g/mol. The van der Waals surface area contributed by atoms with Gasteiger partial charge in [-0.1, -0.05) is 514 Å². The van der Waals surface area contributed by atoms with E-state index in [0.717, 1.165) is 105 Å². The molecule has 22 aromatic carbocycles. The molecule has 9 heteroatoms. The summed E-state index contributed by atoms with van der Waals surface area (Å²) in [7, 11) is -3.98. The Bertz CT molecular complexity index is 8700. The molecule has 149 heavy (non-hydrogen) atoms. The normalized spacial score (nSPS) is 10.9. The number of fused-ring (bicyclic) bond motifs is 11. The van der Waals surface area contributed by atoms with Crippen LogP contribution in [-0.2, 0) is 0 Å². The second-order valence-electron chi connectivity index (χ2n) is 37.8. The smallest absolute Gasteiger partial charge is 0.193 e. The Morgan fingerprint density at radius 2 is 0.436 bits per heavy atom. The van der Waals surface area contributed by atoms with E-state index in [4.69, 9.17) is 8.83 Å². The van der Waals surface area contributed by atoms with E-state index in [1.54, 1.807) is 0 Å². The molecule has 3 aromatic heterocycles. The van der Waals surface area contributed by atoms with Crippen LogP contribution in [0.3, 0.4) is 0 Å². The van der Waals surface area contributed by atoms with Crippen molar-refractivity contribution in [2.24, 2.45) is 0 Å². The summed E-state index contributed by atoms with van der Waals surface area (Å²) in [6.45, 7) is 17.1. The first kappa shape index (κ1) is 101. The molecular weight excluding hydrogens is 1850 g/mol. The third kappa shape index (κ3) is 23.9. The van der Waals surface area contributed by atoms with Crippen LogP contribution in [-0.4, -0.2) is 43.8 Å². The van der Waals surface area contributed by atoms with E-state index in [-0.39, 0.29) is 23.1 Å². The van der Waals surface area contributed by atoms with Crippen LogP contribution in [0.4, 0.5) is 0 Å². The minimum Gasteiger partial charge on any atom is -0.456 e. The van der Waals surface area contributed by atoms with Crippen LogP contribution in [0, 0.1) is 41.5 Å². The van der Waals surface area contributed by atoms with Crippen LogP contribution in [0.25, 0.3) is 92.9 Å². The number of carbonyl (C=O) groups is 4. The van der Waals surface area contributed by atoms with Crippen molar-refractivity contribution < 1.29 is 28.0 Å². The SMILES string of the molecule is C[Si](c1ccccc1)(c1ccccc1)c1ccc(-n2c3ccccc3c3ccccc32)cc1.C[Si](c1ccccc1)(c1ccccc1)c1ccccc1.Cc1ccc(C(=O)c2ccc3ccccc3c2)cc1.Cc1ccc(C(=O)c2ccccc2)cc1.Cc1ccc2c(c1)oc1ccccc12.Cc1ccc2oc3ccccc3c2c1.Cc1cccc(C(=O)c2ccc3ccccc3c2)c1.Cc1cccc(C(=O)c2ccccc2)c1. The summed E-state index contributed by atoms with van der Waals surface area (Å²) in [6.07, 6.45) is 0. The molecule has 0 aliphatic heterocycles. The molecule has 0 saturated heterocycles. The number of ketones is 4. The highest BCUT2D eigenvalue weighted by atomic mass is 28.3. The molecule has 0 unspecified atom stereocenters. The lowest BCUT2D eigenvalue weighted by atomic mass is 9.99. The van der Waals surface area contributed by atoms with Crippen molar-refractivity contribution in [3.63, 3.8) is 0 Å². The summed E-state index contributed by atoms with van der Waals surface area (Å²) >= 11 is 0. The maximum Gasteiger partial charge on any atom is 0.193 e. The first-order chi connectivity index (χ1) is 72.8. The number of aryl methyl sites for hydroxylation is 6. The van der Waals surface area contributed by atoms with Crippen LogP contribution < -0.4 is 31.1 Å². The van der Waals surface area contributed by atoms with Crippen molar-refractivity contribution in [2.75, 3.05) is 0 Å². The van der Waals surface area contributed by atoms with Gasteiger partial charge in [0.2, 0.25) is 0 Å². The summed E-state index contributed by atoms with van der Waals surface area (Å²) < 4.78 is 13.8. The molecule has 25 aromatic rings. The number of para-hydroxylation sites is 4. The Balaban J connectivity index is 0.000000113. The first-order valence-corrected chi connectivity index (χ1v) is 55.5. The molecule has 25 rings (SSSR count). The van der Waals surface area contributed by atoms with Gasteiger partial charge in [-0.05, 0) is 179 Å². The van der Waals surface area contributed by atoms with Gasteiger partial charge in [-0.3, -0.25) is 19.2 Å². The Morgan fingerprint density at radius 3 is 0.839 bits per heavy atom. The molecule has 7 nitrogen and oxygen atoms in total. The van der Waals surface area contributed by atoms with Crippen LogP contribution in [0.5, 0.6) is 0 Å². The Labute approximate surface area is 874 Å². The fourth-order valence-corrected chi connectivity index (χ4v) is 26.3. The number of hydrogen-bond donors (Lipinski definition) is 0. The second kappa shape index (κ2) is 47.6. The number of rotatable bonds is 15. The maximum absolute atomic E-state index is 12.4. The molecule has 0 bridgehead atoms. The predicted octanol–water partition coefficient (Wildman–Crippen LogP) is 31.7. The number of furan rings is 2. The molecule has 0 saturated carbocycles. The van der Waals surface area contributed by atoms with Gasteiger partial charge in [0.05, 0.1) is 11.0 Å². The van der Waals surface area contributed by atoms with E-state index >= 15 is 0 Å². The van der Waals surface area contributed by atoms with Crippen LogP contribution in [0.15, 0.2) is 561 Å². The summed E-state index contributed by atoms with van der Waals surface area (Å²) in [5.41, 5.74) is 20.5. The van der Waals surface area contributed by atoms with Crippen molar-refractivity contribution in [1.29, 1.82) is 0 Å². The van der Waals surface area contributed by atoms with Gasteiger partial charge >= 0.3 is 0 Å². The van der Waals surface area contributed by atoms with Crippen molar-refractivity contribution >= 4 is 158 Å². The molecule has 0 N–H and O–H groups in total. The standard InChI is InChI=1S/C31H25NSi.C19H18Si.2C18H14O.2C14H12O.2C13H10O/c1-33(25-12-4-2-5-13-25,26-14-6-3-7-15-26)27-22-20-24(21-23-27)32-30-18-10-8-16-28(30)29-17-9-11-19-31(29)32;1-20(17-11-5-2-6-12-17,18-13-7-3-8-14-18)19-15-9-4-10-16-19;1-13-5-4-8-16(11-13)18(19)17-10-9-14-6-2-3-7-15(14)12-17;1-13-6-8-15(9-7-13)18(19)17-11-10-14-4-2-3-5-16(14)12-17;1-11-6-5-9-13(10-11)14(15)12-7-3-2-4-8-12;1-11-7-9-13(10-8-11)14(15)12-5-3-2-4-6-12;1-9-6-7-13-11(8-9)10-4-2-3-5-12(10)14-13;1-9-6-7-11-10-4-2-3-5-12(10)14-13(11)8-9/h2-23H,1H3;2-16H,1H3;2*2-12H,1H3;2*2-10H,1H3;2*2-8H,1H3. The molecule has 0 spiro atoms. The fourth-order valence-electron chi connectivity index (χ4n) is 19.2. The molecular formula is C140H115NO6Si2.